The van der Waals surface area contributed by atoms with Crippen molar-refractivity contribution < 1.29 is 19.4 Å². The van der Waals surface area contributed by atoms with Crippen molar-refractivity contribution >= 4 is 8.32 Å². The van der Waals surface area contributed by atoms with Gasteiger partial charge in [-0.25, -0.2) is 0 Å². The van der Waals surface area contributed by atoms with Crippen LogP contribution in [-0.4, -0.2) is 49.1 Å². The Kier molecular flexibility index (Phi) is 3.68. The van der Waals surface area contributed by atoms with Crippen molar-refractivity contribution in [3.05, 3.63) is 0 Å². The number of hydrogen-bond acceptors (Lipinski definition) is 4. The predicted molar refractivity (Wildman–Crippen MR) is 76.5 cm³/mol. The van der Waals surface area contributed by atoms with Crippen molar-refractivity contribution in [1.82, 2.24) is 0 Å². The number of rotatable bonds is 3. The number of fused-ring (bicyclic) bond motifs is 2. The summed E-state index contributed by atoms with van der Waals surface area (Å²) in [4.78, 5) is 0. The second kappa shape index (κ2) is 4.53. The van der Waals surface area contributed by atoms with Gasteiger partial charge in [0.05, 0.1) is 24.9 Å². The molecule has 2 aliphatic heterocycles. The summed E-state index contributed by atoms with van der Waals surface area (Å²) < 4.78 is 12.3. The van der Waals surface area contributed by atoms with Gasteiger partial charge in [0.15, 0.2) is 8.32 Å². The highest BCUT2D eigenvalue weighted by Gasteiger charge is 2.64. The quantitative estimate of drug-likeness (QED) is 0.779. The van der Waals surface area contributed by atoms with E-state index in [9.17, 15) is 10.2 Å². The van der Waals surface area contributed by atoms with Crippen molar-refractivity contribution in [2.24, 2.45) is 5.92 Å². The van der Waals surface area contributed by atoms with Gasteiger partial charge in [0.25, 0.3) is 0 Å². The summed E-state index contributed by atoms with van der Waals surface area (Å²) >= 11 is 0. The van der Waals surface area contributed by atoms with Crippen LogP contribution in [0.4, 0.5) is 0 Å². The molecule has 5 heteroatoms. The molecular formula is C14H28O4Si. The lowest BCUT2D eigenvalue weighted by atomic mass is 9.78. The van der Waals surface area contributed by atoms with Crippen molar-refractivity contribution in [1.29, 1.82) is 0 Å². The van der Waals surface area contributed by atoms with E-state index in [2.05, 4.69) is 33.9 Å². The van der Waals surface area contributed by atoms with Crippen LogP contribution >= 0.6 is 0 Å². The highest BCUT2D eigenvalue weighted by Crippen LogP contribution is 2.50. The largest absolute Gasteiger partial charge is 0.411 e. The fourth-order valence-electron chi connectivity index (χ4n) is 2.96. The van der Waals surface area contributed by atoms with E-state index in [0.717, 1.165) is 6.42 Å². The summed E-state index contributed by atoms with van der Waals surface area (Å²) in [5.74, 6) is 0.0754. The smallest absolute Gasteiger partial charge is 0.192 e. The minimum absolute atomic E-state index is 0.0110. The average Bonchev–Trinajstić information content (AvgIpc) is 2.74. The Labute approximate surface area is 117 Å². The molecule has 5 atom stereocenters. The van der Waals surface area contributed by atoms with Gasteiger partial charge in [-0.3, -0.25) is 0 Å². The van der Waals surface area contributed by atoms with Gasteiger partial charge < -0.3 is 19.4 Å². The van der Waals surface area contributed by atoms with Crippen LogP contribution in [-0.2, 0) is 9.16 Å². The maximum absolute atomic E-state index is 10.4. The van der Waals surface area contributed by atoms with Crippen molar-refractivity contribution in [2.45, 2.75) is 76.2 Å². The summed E-state index contributed by atoms with van der Waals surface area (Å²) in [7, 11) is -1.92. The summed E-state index contributed by atoms with van der Waals surface area (Å²) in [5, 5.41) is 20.2. The summed E-state index contributed by atoms with van der Waals surface area (Å²) in [6, 6.07) is 0. The van der Waals surface area contributed by atoms with Crippen LogP contribution in [0.25, 0.3) is 0 Å². The van der Waals surface area contributed by atoms with Gasteiger partial charge in [0.1, 0.15) is 5.60 Å². The Bertz CT molecular complexity index is 352. The van der Waals surface area contributed by atoms with Gasteiger partial charge in [0, 0.05) is 12.3 Å². The Hall–Kier alpha value is 0.0569. The number of ether oxygens (including phenoxy) is 1. The molecule has 2 bridgehead atoms. The molecule has 19 heavy (non-hydrogen) atoms. The average molecular weight is 288 g/mol. The van der Waals surface area contributed by atoms with Crippen LogP contribution in [0.5, 0.6) is 0 Å². The first-order valence-corrected chi connectivity index (χ1v) is 10.1. The third-order valence-corrected chi connectivity index (χ3v) is 9.92. The van der Waals surface area contributed by atoms with Gasteiger partial charge in [-0.05, 0) is 18.1 Å². The van der Waals surface area contributed by atoms with E-state index in [-0.39, 0.29) is 29.8 Å². The maximum atomic E-state index is 10.4. The topological polar surface area (TPSA) is 58.9 Å². The molecule has 0 aromatic carbocycles. The Morgan fingerprint density at radius 3 is 2.37 bits per heavy atom. The highest BCUT2D eigenvalue weighted by atomic mass is 28.4. The fourth-order valence-corrected chi connectivity index (χ4v) is 4.32. The second-order valence-electron chi connectivity index (χ2n) is 7.68. The van der Waals surface area contributed by atoms with Crippen LogP contribution in [0.3, 0.4) is 0 Å². The van der Waals surface area contributed by atoms with Crippen LogP contribution in [0.15, 0.2) is 0 Å². The van der Waals surface area contributed by atoms with Gasteiger partial charge in [-0.2, -0.15) is 0 Å². The SMILES string of the molecule is C[C@@H]1[C@@H](O)[C@@]2(CO)O[C@@H]1C[C@H]2O[Si](C)(C)C(C)(C)C. The molecule has 0 radical (unpaired) electrons. The van der Waals surface area contributed by atoms with Crippen LogP contribution in [0.2, 0.25) is 18.1 Å². The normalized spacial score (nSPS) is 42.9. The molecule has 2 N–H and O–H groups in total. The zero-order valence-corrected chi connectivity index (χ0v) is 13.9. The lowest BCUT2D eigenvalue weighted by Gasteiger charge is -2.44. The molecule has 2 heterocycles. The van der Waals surface area contributed by atoms with E-state index in [1.54, 1.807) is 0 Å². The summed E-state index contributed by atoms with van der Waals surface area (Å²) in [6.45, 7) is 12.8. The summed E-state index contributed by atoms with van der Waals surface area (Å²) in [5.41, 5.74) is -0.903. The standard InChI is InChI=1S/C14H28O4Si/c1-9-10-7-11(14(8-15,17-10)12(9)16)18-19(5,6)13(2,3)4/h9-12,15-16H,7-8H2,1-6H3/t9-,10+,11+,12+,14-/m0/s1. The minimum Gasteiger partial charge on any atom is -0.411 e. The molecule has 0 amide bonds. The number of aliphatic hydroxyl groups is 2. The monoisotopic (exact) mass is 288 g/mol. The van der Waals surface area contributed by atoms with Gasteiger partial charge in [0.2, 0.25) is 0 Å². The Balaban J connectivity index is 2.20. The van der Waals surface area contributed by atoms with E-state index >= 15 is 0 Å². The molecule has 0 saturated carbocycles. The predicted octanol–water partition coefficient (Wildman–Crippen LogP) is 1.91. The van der Waals surface area contributed by atoms with Crippen LogP contribution < -0.4 is 0 Å². The zero-order valence-electron chi connectivity index (χ0n) is 12.9. The molecular weight excluding hydrogens is 260 g/mol. The minimum atomic E-state index is -1.92. The van der Waals surface area contributed by atoms with Crippen molar-refractivity contribution in [2.75, 3.05) is 6.61 Å². The second-order valence-corrected chi connectivity index (χ2v) is 12.4. The highest BCUT2D eigenvalue weighted by molar-refractivity contribution is 6.74. The molecule has 0 spiro atoms. The van der Waals surface area contributed by atoms with Crippen molar-refractivity contribution in [3.63, 3.8) is 0 Å². The maximum Gasteiger partial charge on any atom is 0.192 e. The number of hydrogen-bond donors (Lipinski definition) is 2. The van der Waals surface area contributed by atoms with E-state index in [1.165, 1.54) is 0 Å². The van der Waals surface area contributed by atoms with Crippen LogP contribution in [0.1, 0.15) is 34.1 Å². The van der Waals surface area contributed by atoms with E-state index < -0.39 is 20.0 Å². The van der Waals surface area contributed by atoms with Gasteiger partial charge in [-0.1, -0.05) is 27.7 Å². The van der Waals surface area contributed by atoms with Crippen LogP contribution in [0, 0.1) is 5.92 Å². The van der Waals surface area contributed by atoms with Gasteiger partial charge >= 0.3 is 0 Å². The molecule has 2 saturated heterocycles. The van der Waals surface area contributed by atoms with Gasteiger partial charge in [-0.15, -0.1) is 0 Å². The lowest BCUT2D eigenvalue weighted by molar-refractivity contribution is -0.124. The first-order chi connectivity index (χ1) is 8.55. The molecule has 2 rings (SSSR count). The summed E-state index contributed by atoms with van der Waals surface area (Å²) in [6.07, 6.45) is -0.0248. The molecule has 0 aromatic rings. The van der Waals surface area contributed by atoms with E-state index in [4.69, 9.17) is 9.16 Å². The number of aliphatic hydroxyl groups excluding tert-OH is 2. The zero-order chi connectivity index (χ0) is 14.6. The lowest BCUT2D eigenvalue weighted by Crippen LogP contribution is -2.58. The Morgan fingerprint density at radius 2 is 1.95 bits per heavy atom. The fraction of sp³-hybridized carbons (Fsp3) is 1.00. The molecule has 0 aliphatic carbocycles. The Morgan fingerprint density at radius 1 is 1.37 bits per heavy atom. The third-order valence-electron chi connectivity index (χ3n) is 5.44. The molecule has 112 valence electrons. The first kappa shape index (κ1) is 15.4. The first-order valence-electron chi connectivity index (χ1n) is 7.20. The van der Waals surface area contributed by atoms with E-state index in [0.29, 0.717) is 0 Å². The van der Waals surface area contributed by atoms with Crippen molar-refractivity contribution in [3.8, 4) is 0 Å². The molecule has 0 unspecified atom stereocenters. The molecule has 4 nitrogen and oxygen atoms in total. The molecule has 2 fully saturated rings. The third kappa shape index (κ3) is 2.19. The molecule has 2 aliphatic rings. The van der Waals surface area contributed by atoms with E-state index in [1.807, 2.05) is 6.92 Å². The molecule has 0 aromatic heterocycles.